The Hall–Kier alpha value is -6.23. The van der Waals surface area contributed by atoms with Gasteiger partial charge in [-0.1, -0.05) is 71.8 Å². The van der Waals surface area contributed by atoms with Crippen molar-refractivity contribution in [2.75, 3.05) is 28.2 Å². The summed E-state index contributed by atoms with van der Waals surface area (Å²) in [5.41, 5.74) is 12.2. The van der Waals surface area contributed by atoms with E-state index in [0.717, 1.165) is 56.3 Å². The Kier molecular flexibility index (Phi) is 17.4. The number of amides is 2. The molecule has 0 fully saturated rings. The van der Waals surface area contributed by atoms with Crippen molar-refractivity contribution in [1.82, 2.24) is 28.6 Å². The summed E-state index contributed by atoms with van der Waals surface area (Å²) in [6.45, 7) is 8.21. The molecule has 4 aromatic heterocycles. The molecule has 6 rings (SSSR count). The van der Waals surface area contributed by atoms with Crippen molar-refractivity contribution in [1.29, 1.82) is 0 Å². The number of hydrogen-bond acceptors (Lipinski definition) is 9. The summed E-state index contributed by atoms with van der Waals surface area (Å²) >= 11 is 0. The summed E-state index contributed by atoms with van der Waals surface area (Å²) in [5, 5.41) is 32.5. The Labute approximate surface area is 347 Å². The first-order valence-electron chi connectivity index (χ1n) is 18.3. The van der Waals surface area contributed by atoms with Crippen LogP contribution in [0.2, 0.25) is 0 Å². The van der Waals surface area contributed by atoms with Gasteiger partial charge in [0.25, 0.3) is 0 Å². The fourth-order valence-corrected chi connectivity index (χ4v) is 5.49. The lowest BCUT2D eigenvalue weighted by Gasteiger charge is -2.11. The van der Waals surface area contributed by atoms with E-state index in [-0.39, 0.29) is 11.8 Å². The number of carboxylic acids is 2. The van der Waals surface area contributed by atoms with Gasteiger partial charge in [-0.05, 0) is 51.0 Å². The topological polar surface area (TPSA) is 248 Å². The van der Waals surface area contributed by atoms with Gasteiger partial charge in [0, 0.05) is 51.7 Å². The van der Waals surface area contributed by atoms with Crippen molar-refractivity contribution in [2.45, 2.75) is 52.7 Å². The predicted molar refractivity (Wildman–Crippen MR) is 226 cm³/mol. The third-order valence-electron chi connectivity index (χ3n) is 8.82. The van der Waals surface area contributed by atoms with Gasteiger partial charge in [0.15, 0.2) is 12.2 Å². The lowest BCUT2D eigenvalue weighted by Crippen LogP contribution is -2.39. The highest BCUT2D eigenvalue weighted by atomic mass is 31.1. The van der Waals surface area contributed by atoms with Gasteiger partial charge in [-0.15, -0.1) is 0 Å². The molecule has 0 saturated carbocycles. The first kappa shape index (κ1) is 48.1. The van der Waals surface area contributed by atoms with Gasteiger partial charge >= 0.3 is 20.2 Å². The number of carbonyl (C=O) groups excluding carboxylic acids is 2. The van der Waals surface area contributed by atoms with Crippen molar-refractivity contribution in [2.24, 2.45) is 0 Å². The standard InChI is InChI=1S/2C19H21N3O.C4H6O6.H3O3P/c2*1-13-5-8-15(9-6-13)19-16(11-18(23)21(3)4)22-12-14(2)7-10-17(22)20-19;5-1(3(7)8)2(6)4(9)10;1-4(2)3/h2*5-10,12H,11H2,1-4H3;1-2,5-6H,(H,7,8)(H,9,10);4H,(H2,1,2,3). The maximum absolute atomic E-state index is 12.3. The molecule has 2 unspecified atom stereocenters. The minimum absolute atomic E-state index is 0.0710. The van der Waals surface area contributed by atoms with Crippen LogP contribution in [0.5, 0.6) is 0 Å². The number of hydrogen-bond donors (Lipinski definition) is 6. The van der Waals surface area contributed by atoms with Crippen molar-refractivity contribution < 1.29 is 54.0 Å². The zero-order valence-electron chi connectivity index (χ0n) is 34.6. The molecular formula is C42H51N6O11P. The number of imidazole rings is 2. The van der Waals surface area contributed by atoms with E-state index < -0.39 is 32.4 Å². The van der Waals surface area contributed by atoms with Crippen LogP contribution in [0.1, 0.15) is 33.6 Å². The lowest BCUT2D eigenvalue weighted by molar-refractivity contribution is -0.165. The number of benzene rings is 2. The molecule has 0 bridgehead atoms. The molecule has 60 heavy (non-hydrogen) atoms. The highest BCUT2D eigenvalue weighted by molar-refractivity contribution is 7.30. The molecule has 4 heterocycles. The second kappa shape index (κ2) is 21.7. The van der Waals surface area contributed by atoms with Gasteiger partial charge in [-0.2, -0.15) is 0 Å². The molecule has 18 heteroatoms. The van der Waals surface area contributed by atoms with E-state index in [1.807, 2.05) is 59.3 Å². The van der Waals surface area contributed by atoms with Gasteiger partial charge < -0.3 is 48.8 Å². The Balaban J connectivity index is 0.000000246. The van der Waals surface area contributed by atoms with Crippen LogP contribution in [-0.4, -0.2) is 123 Å². The molecule has 0 aliphatic carbocycles. The normalized spacial score (nSPS) is 11.6. The fraction of sp³-hybridized carbons (Fsp3) is 0.286. The van der Waals surface area contributed by atoms with Crippen LogP contribution in [0.4, 0.5) is 0 Å². The molecule has 2 atom stereocenters. The van der Waals surface area contributed by atoms with Crippen LogP contribution in [0, 0.1) is 27.7 Å². The van der Waals surface area contributed by atoms with Crippen LogP contribution in [0.25, 0.3) is 33.8 Å². The van der Waals surface area contributed by atoms with E-state index in [2.05, 4.69) is 62.4 Å². The average molecular weight is 847 g/mol. The van der Waals surface area contributed by atoms with E-state index in [4.69, 9.17) is 44.7 Å². The molecule has 6 N–H and O–H groups in total. The Bertz CT molecular complexity index is 2290. The number of nitrogens with zero attached hydrogens (tertiary/aromatic N) is 6. The first-order valence-corrected chi connectivity index (χ1v) is 19.6. The fourth-order valence-electron chi connectivity index (χ4n) is 5.49. The van der Waals surface area contributed by atoms with E-state index in [0.29, 0.717) is 12.8 Å². The molecule has 0 aliphatic heterocycles. The van der Waals surface area contributed by atoms with E-state index >= 15 is 0 Å². The molecule has 0 aliphatic rings. The monoisotopic (exact) mass is 846 g/mol. The zero-order valence-corrected chi connectivity index (χ0v) is 35.6. The number of aryl methyl sites for hydroxylation is 4. The summed E-state index contributed by atoms with van der Waals surface area (Å²) in [6, 6.07) is 24.6. The summed E-state index contributed by atoms with van der Waals surface area (Å²) in [7, 11) is 3.99. The molecule has 0 spiro atoms. The lowest BCUT2D eigenvalue weighted by atomic mass is 10.1. The van der Waals surface area contributed by atoms with Gasteiger partial charge in [0.2, 0.25) is 11.8 Å². The molecule has 6 aromatic rings. The summed E-state index contributed by atoms with van der Waals surface area (Å²) in [4.78, 5) is 71.1. The van der Waals surface area contributed by atoms with Gasteiger partial charge in [-0.3, -0.25) is 14.2 Å². The number of rotatable bonds is 9. The SMILES string of the molecule is Cc1ccc(-c2nc3ccc(C)cn3c2CC(=O)N(C)C)cc1.Cc1ccc(-c2nc3ccc(C)cn3c2CC(=O)N(C)C)cc1.O=C(O)C(O)C(O)C(=O)O.O=[PH](O)O. The molecular weight excluding hydrogens is 795 g/mol. The maximum atomic E-state index is 12.3. The number of aliphatic hydroxyl groups excluding tert-OH is 2. The van der Waals surface area contributed by atoms with Crippen molar-refractivity contribution in [3.05, 3.63) is 119 Å². The highest BCUT2D eigenvalue weighted by Gasteiger charge is 2.29. The highest BCUT2D eigenvalue weighted by Crippen LogP contribution is 2.27. The van der Waals surface area contributed by atoms with Crippen LogP contribution >= 0.6 is 8.25 Å². The smallest absolute Gasteiger partial charge is 0.335 e. The van der Waals surface area contributed by atoms with Crippen LogP contribution < -0.4 is 0 Å². The number of carboxylic acid groups (broad SMARTS) is 2. The van der Waals surface area contributed by atoms with Crippen molar-refractivity contribution >= 4 is 43.3 Å². The molecule has 2 aromatic carbocycles. The summed E-state index contributed by atoms with van der Waals surface area (Å²) < 4.78 is 12.8. The molecule has 320 valence electrons. The minimum Gasteiger partial charge on any atom is -0.479 e. The Morgan fingerprint density at radius 3 is 1.12 bits per heavy atom. The zero-order chi connectivity index (χ0) is 45.0. The molecule has 0 radical (unpaired) electrons. The first-order chi connectivity index (χ1) is 28.1. The third-order valence-corrected chi connectivity index (χ3v) is 8.82. The number of aliphatic hydroxyl groups is 2. The second-order valence-electron chi connectivity index (χ2n) is 14.2. The van der Waals surface area contributed by atoms with Crippen LogP contribution in [0.3, 0.4) is 0 Å². The number of fused-ring (bicyclic) bond motifs is 2. The number of likely N-dealkylation sites (N-methyl/N-ethyl adjacent to an activating group) is 2. The largest absolute Gasteiger partial charge is 0.479 e. The Morgan fingerprint density at radius 2 is 0.850 bits per heavy atom. The number of carbonyl (C=O) groups is 4. The molecule has 2 amide bonds. The van der Waals surface area contributed by atoms with E-state index in [1.165, 1.54) is 11.1 Å². The van der Waals surface area contributed by atoms with Crippen LogP contribution in [0.15, 0.2) is 85.2 Å². The van der Waals surface area contributed by atoms with E-state index in [9.17, 15) is 19.2 Å². The van der Waals surface area contributed by atoms with Gasteiger partial charge in [0.1, 0.15) is 11.3 Å². The van der Waals surface area contributed by atoms with Gasteiger partial charge in [0.05, 0.1) is 35.6 Å². The third kappa shape index (κ3) is 13.4. The minimum atomic E-state index is -3.13. The maximum Gasteiger partial charge on any atom is 0.335 e. The second-order valence-corrected chi connectivity index (χ2v) is 14.8. The van der Waals surface area contributed by atoms with Crippen molar-refractivity contribution in [3.8, 4) is 22.5 Å². The predicted octanol–water partition coefficient (Wildman–Crippen LogP) is 3.74. The number of aromatic nitrogens is 4. The quantitative estimate of drug-likeness (QED) is 0.114. The number of aliphatic carboxylic acids is 2. The summed E-state index contributed by atoms with van der Waals surface area (Å²) in [5.74, 6) is -3.40. The van der Waals surface area contributed by atoms with Crippen molar-refractivity contribution in [3.63, 3.8) is 0 Å². The van der Waals surface area contributed by atoms with Crippen LogP contribution in [-0.2, 0) is 36.6 Å². The van der Waals surface area contributed by atoms with E-state index in [1.54, 1.807) is 38.0 Å². The molecule has 17 nitrogen and oxygen atoms in total. The number of pyridine rings is 2. The summed E-state index contributed by atoms with van der Waals surface area (Å²) in [6.07, 6.45) is 0.216. The average Bonchev–Trinajstić information content (AvgIpc) is 3.71. The molecule has 0 saturated heterocycles. The Morgan fingerprint density at radius 1 is 0.567 bits per heavy atom. The van der Waals surface area contributed by atoms with Gasteiger partial charge in [-0.25, -0.2) is 19.6 Å².